The molecule has 4 heteroatoms. The van der Waals surface area contributed by atoms with Crippen LogP contribution in [-0.2, 0) is 4.79 Å². The van der Waals surface area contributed by atoms with Crippen molar-refractivity contribution in [3.63, 3.8) is 0 Å². The first kappa shape index (κ1) is 18.7. The first-order chi connectivity index (χ1) is 11.8. The number of rotatable bonds is 11. The summed E-state index contributed by atoms with van der Waals surface area (Å²) in [6.07, 6.45) is 10.6. The lowest BCUT2D eigenvalue weighted by atomic mass is 10.1. The summed E-state index contributed by atoms with van der Waals surface area (Å²) < 4.78 is 0. The number of unbranched alkanes of at least 4 members (excludes halogenated alkanes) is 7. The molecule has 0 radical (unpaired) electrons. The Morgan fingerprint density at radius 3 is 2.38 bits per heavy atom. The van der Waals surface area contributed by atoms with E-state index in [1.165, 1.54) is 49.9 Å². The van der Waals surface area contributed by atoms with Gasteiger partial charge < -0.3 is 5.32 Å². The van der Waals surface area contributed by atoms with Crippen LogP contribution in [0.25, 0.3) is 11.3 Å². The van der Waals surface area contributed by atoms with Crippen LogP contribution in [0.2, 0.25) is 0 Å². The highest BCUT2D eigenvalue weighted by molar-refractivity contribution is 7.14. The molecule has 1 N–H and O–H groups in total. The standard InChI is InChI=1S/C20H28N2OS/c1-2-3-4-5-6-7-8-12-15-19(23)22-20-21-18(16-24-20)17-13-10-9-11-14-17/h9-11,13-14,16H,2-8,12,15H2,1H3,(H,21,22,23). The number of carbonyl (C=O) groups is 1. The summed E-state index contributed by atoms with van der Waals surface area (Å²) in [5.74, 6) is 0.0787. The average Bonchev–Trinajstić information content (AvgIpc) is 3.06. The number of carbonyl (C=O) groups excluding carboxylic acids is 1. The molecule has 2 aromatic rings. The summed E-state index contributed by atoms with van der Waals surface area (Å²) in [4.78, 5) is 16.5. The van der Waals surface area contributed by atoms with Crippen molar-refractivity contribution < 1.29 is 4.79 Å². The van der Waals surface area contributed by atoms with Crippen molar-refractivity contribution in [1.29, 1.82) is 0 Å². The monoisotopic (exact) mass is 344 g/mol. The summed E-state index contributed by atoms with van der Waals surface area (Å²) >= 11 is 1.48. The molecule has 1 aromatic heterocycles. The summed E-state index contributed by atoms with van der Waals surface area (Å²) in [5.41, 5.74) is 2.00. The Morgan fingerprint density at radius 1 is 1.00 bits per heavy atom. The minimum atomic E-state index is 0.0787. The van der Waals surface area contributed by atoms with Gasteiger partial charge >= 0.3 is 0 Å². The number of nitrogens with zero attached hydrogens (tertiary/aromatic N) is 1. The number of benzene rings is 1. The second-order valence-corrected chi connectivity index (χ2v) is 7.04. The predicted octanol–water partition coefficient (Wildman–Crippen LogP) is 6.28. The van der Waals surface area contributed by atoms with Crippen molar-refractivity contribution in [2.45, 2.75) is 64.7 Å². The first-order valence-corrected chi connectivity index (χ1v) is 9.98. The number of thiazole rings is 1. The maximum absolute atomic E-state index is 12.0. The molecule has 1 amide bonds. The maximum Gasteiger partial charge on any atom is 0.226 e. The van der Waals surface area contributed by atoms with Crippen LogP contribution in [0.1, 0.15) is 64.7 Å². The Bertz CT molecular complexity index is 595. The van der Waals surface area contributed by atoms with E-state index in [1.54, 1.807) is 0 Å². The molecule has 130 valence electrons. The molecule has 0 spiro atoms. The Labute approximate surface area is 149 Å². The molecule has 0 unspecified atom stereocenters. The molecule has 2 rings (SSSR count). The molecular formula is C20H28N2OS. The second-order valence-electron chi connectivity index (χ2n) is 6.18. The summed E-state index contributed by atoms with van der Waals surface area (Å²) in [6, 6.07) is 10.0. The van der Waals surface area contributed by atoms with E-state index in [4.69, 9.17) is 0 Å². The predicted molar refractivity (Wildman–Crippen MR) is 103 cm³/mol. The van der Waals surface area contributed by atoms with Crippen molar-refractivity contribution in [2.24, 2.45) is 0 Å². The molecule has 0 saturated carbocycles. The number of nitrogens with one attached hydrogen (secondary N) is 1. The molecule has 0 aliphatic heterocycles. The third-order valence-corrected chi connectivity index (χ3v) is 4.84. The minimum Gasteiger partial charge on any atom is -0.302 e. The van der Waals surface area contributed by atoms with E-state index >= 15 is 0 Å². The van der Waals surface area contributed by atoms with Crippen molar-refractivity contribution in [3.8, 4) is 11.3 Å². The average molecular weight is 345 g/mol. The van der Waals surface area contributed by atoms with Crippen LogP contribution in [-0.4, -0.2) is 10.9 Å². The van der Waals surface area contributed by atoms with Gasteiger partial charge in [-0.15, -0.1) is 11.3 Å². The van der Waals surface area contributed by atoms with E-state index in [0.717, 1.165) is 24.1 Å². The summed E-state index contributed by atoms with van der Waals surface area (Å²) in [5, 5.41) is 5.60. The van der Waals surface area contributed by atoms with Gasteiger partial charge in [-0.1, -0.05) is 82.2 Å². The Balaban J connectivity index is 1.62. The largest absolute Gasteiger partial charge is 0.302 e. The lowest BCUT2D eigenvalue weighted by Gasteiger charge is -2.02. The fourth-order valence-electron chi connectivity index (χ4n) is 2.67. The zero-order valence-corrected chi connectivity index (χ0v) is 15.4. The topological polar surface area (TPSA) is 42.0 Å². The van der Waals surface area contributed by atoms with E-state index in [-0.39, 0.29) is 5.91 Å². The first-order valence-electron chi connectivity index (χ1n) is 9.10. The molecule has 1 aromatic carbocycles. The molecule has 0 saturated heterocycles. The van der Waals surface area contributed by atoms with E-state index in [2.05, 4.69) is 17.2 Å². The van der Waals surface area contributed by atoms with Crippen molar-refractivity contribution >= 4 is 22.4 Å². The quantitative estimate of drug-likeness (QED) is 0.487. The van der Waals surface area contributed by atoms with Gasteiger partial charge in [-0.2, -0.15) is 0 Å². The molecule has 0 bridgehead atoms. The van der Waals surface area contributed by atoms with Crippen molar-refractivity contribution in [3.05, 3.63) is 35.7 Å². The Kier molecular flexibility index (Phi) is 8.53. The smallest absolute Gasteiger partial charge is 0.226 e. The summed E-state index contributed by atoms with van der Waals surface area (Å²) in [7, 11) is 0. The van der Waals surface area contributed by atoms with Gasteiger partial charge in [-0.3, -0.25) is 4.79 Å². The van der Waals surface area contributed by atoms with E-state index < -0.39 is 0 Å². The fourth-order valence-corrected chi connectivity index (χ4v) is 3.41. The third-order valence-electron chi connectivity index (χ3n) is 4.08. The van der Waals surface area contributed by atoms with E-state index in [1.807, 2.05) is 35.7 Å². The second kappa shape index (κ2) is 11.0. The van der Waals surface area contributed by atoms with Gasteiger partial charge in [-0.25, -0.2) is 4.98 Å². The van der Waals surface area contributed by atoms with Crippen LogP contribution in [0.15, 0.2) is 35.7 Å². The molecule has 24 heavy (non-hydrogen) atoms. The highest BCUT2D eigenvalue weighted by Gasteiger charge is 2.07. The van der Waals surface area contributed by atoms with Crippen LogP contribution in [0, 0.1) is 0 Å². The zero-order chi connectivity index (χ0) is 17.0. The van der Waals surface area contributed by atoms with Gasteiger partial charge in [0.1, 0.15) is 0 Å². The van der Waals surface area contributed by atoms with Gasteiger partial charge in [0.25, 0.3) is 0 Å². The van der Waals surface area contributed by atoms with Crippen LogP contribution in [0.5, 0.6) is 0 Å². The number of hydrogen-bond donors (Lipinski definition) is 1. The minimum absolute atomic E-state index is 0.0787. The van der Waals surface area contributed by atoms with E-state index in [9.17, 15) is 4.79 Å². The molecule has 0 fully saturated rings. The van der Waals surface area contributed by atoms with Crippen LogP contribution in [0.3, 0.4) is 0 Å². The van der Waals surface area contributed by atoms with Crippen LogP contribution in [0.4, 0.5) is 5.13 Å². The Morgan fingerprint density at radius 2 is 1.67 bits per heavy atom. The molecule has 0 aliphatic carbocycles. The normalized spacial score (nSPS) is 10.7. The van der Waals surface area contributed by atoms with Crippen molar-refractivity contribution in [1.82, 2.24) is 4.98 Å². The maximum atomic E-state index is 12.0. The van der Waals surface area contributed by atoms with E-state index in [0.29, 0.717) is 11.6 Å². The molecule has 0 atom stereocenters. The molecular weight excluding hydrogens is 316 g/mol. The fraction of sp³-hybridized carbons (Fsp3) is 0.500. The van der Waals surface area contributed by atoms with Gasteiger partial charge in [-0.05, 0) is 6.42 Å². The van der Waals surface area contributed by atoms with Gasteiger partial charge in [0, 0.05) is 17.4 Å². The third kappa shape index (κ3) is 6.83. The Hall–Kier alpha value is -1.68. The molecule has 1 heterocycles. The number of aromatic nitrogens is 1. The van der Waals surface area contributed by atoms with Crippen LogP contribution < -0.4 is 5.32 Å². The zero-order valence-electron chi connectivity index (χ0n) is 14.6. The lowest BCUT2D eigenvalue weighted by molar-refractivity contribution is -0.116. The van der Waals surface area contributed by atoms with Gasteiger partial charge in [0.2, 0.25) is 5.91 Å². The number of anilines is 1. The van der Waals surface area contributed by atoms with Gasteiger partial charge in [0.05, 0.1) is 5.69 Å². The van der Waals surface area contributed by atoms with Crippen LogP contribution >= 0.6 is 11.3 Å². The molecule has 0 aliphatic rings. The SMILES string of the molecule is CCCCCCCCCCC(=O)Nc1nc(-c2ccccc2)cs1. The van der Waals surface area contributed by atoms with Crippen molar-refractivity contribution in [2.75, 3.05) is 5.32 Å². The van der Waals surface area contributed by atoms with Gasteiger partial charge in [0.15, 0.2) is 5.13 Å². The highest BCUT2D eigenvalue weighted by atomic mass is 32.1. The number of hydrogen-bond acceptors (Lipinski definition) is 3. The summed E-state index contributed by atoms with van der Waals surface area (Å²) in [6.45, 7) is 2.24. The molecule has 3 nitrogen and oxygen atoms in total. The number of amides is 1. The highest BCUT2D eigenvalue weighted by Crippen LogP contribution is 2.24. The lowest BCUT2D eigenvalue weighted by Crippen LogP contribution is -2.10.